The molecule has 4 heterocycles. The number of hydrogen-bond donors (Lipinski definition) is 0. The summed E-state index contributed by atoms with van der Waals surface area (Å²) in [6.07, 6.45) is 5.87. The second kappa shape index (κ2) is 19.1. The van der Waals surface area contributed by atoms with Crippen LogP contribution in [0.25, 0.3) is 0 Å². The Morgan fingerprint density at radius 2 is 1.20 bits per heavy atom. The SMILES string of the molecule is Cc1ccc(N2CCN(CCCOCCc3cc(CCc4ccc(N5CCN(CCCCOCc6cc(C)on6)CC5)cc4)on3)CC2)cc1. The largest absolute Gasteiger partial charge is 0.381 e. The standard InChI is InChI=1S/C40H56N6O4/c1-33-6-11-38(12-7-33)45-25-21-44(22-26-45)18-5-28-47-29-16-36-31-40(50-41-36)15-10-35-8-13-39(14-9-35)46-23-19-43(20-24-46)17-3-4-27-48-32-37-30-34(2)49-42-37/h6-9,11-14,30-31H,3-5,10,15-29,32H2,1-2H3. The van der Waals surface area contributed by atoms with Gasteiger partial charge in [-0.2, -0.15) is 0 Å². The van der Waals surface area contributed by atoms with Gasteiger partial charge in [0.15, 0.2) is 0 Å². The van der Waals surface area contributed by atoms with E-state index in [0.717, 1.165) is 140 Å². The van der Waals surface area contributed by atoms with E-state index in [2.05, 4.69) is 91.4 Å². The Morgan fingerprint density at radius 3 is 1.86 bits per heavy atom. The van der Waals surface area contributed by atoms with Crippen LogP contribution in [0.5, 0.6) is 0 Å². The minimum absolute atomic E-state index is 0.529. The maximum Gasteiger partial charge on any atom is 0.137 e. The third kappa shape index (κ3) is 11.4. The number of aromatic nitrogens is 2. The second-order valence-corrected chi connectivity index (χ2v) is 13.8. The van der Waals surface area contributed by atoms with E-state index >= 15 is 0 Å². The minimum atomic E-state index is 0.529. The summed E-state index contributed by atoms with van der Waals surface area (Å²) in [5.74, 6) is 1.77. The molecular weight excluding hydrogens is 628 g/mol. The molecule has 2 fully saturated rings. The first kappa shape index (κ1) is 36.1. The molecular formula is C40H56N6O4. The maximum atomic E-state index is 5.95. The third-order valence-corrected chi connectivity index (χ3v) is 9.92. The van der Waals surface area contributed by atoms with Gasteiger partial charge in [0.1, 0.15) is 17.2 Å². The lowest BCUT2D eigenvalue weighted by Crippen LogP contribution is -2.46. The number of benzene rings is 2. The van der Waals surface area contributed by atoms with Gasteiger partial charge in [-0.25, -0.2) is 0 Å². The Morgan fingerprint density at radius 1 is 0.580 bits per heavy atom. The Balaban J connectivity index is 0.780. The summed E-state index contributed by atoms with van der Waals surface area (Å²) in [7, 11) is 0. The van der Waals surface area contributed by atoms with Crippen LogP contribution < -0.4 is 9.80 Å². The maximum absolute atomic E-state index is 5.95. The van der Waals surface area contributed by atoms with Gasteiger partial charge in [0.25, 0.3) is 0 Å². The highest BCUT2D eigenvalue weighted by molar-refractivity contribution is 5.49. The second-order valence-electron chi connectivity index (χ2n) is 13.8. The van der Waals surface area contributed by atoms with Crippen molar-refractivity contribution in [2.45, 2.75) is 59.0 Å². The van der Waals surface area contributed by atoms with Crippen molar-refractivity contribution < 1.29 is 18.5 Å². The number of nitrogens with zero attached hydrogens (tertiary/aromatic N) is 6. The molecule has 0 amide bonds. The minimum Gasteiger partial charge on any atom is -0.381 e. The van der Waals surface area contributed by atoms with Gasteiger partial charge >= 0.3 is 0 Å². The molecule has 2 aromatic heterocycles. The van der Waals surface area contributed by atoms with Gasteiger partial charge in [0.2, 0.25) is 0 Å². The summed E-state index contributed by atoms with van der Waals surface area (Å²) in [4.78, 5) is 10.1. The van der Waals surface area contributed by atoms with Gasteiger partial charge < -0.3 is 28.3 Å². The van der Waals surface area contributed by atoms with E-state index in [-0.39, 0.29) is 0 Å². The molecule has 4 aromatic rings. The molecule has 0 saturated carbocycles. The molecule has 10 heteroatoms. The number of anilines is 2. The van der Waals surface area contributed by atoms with Crippen molar-refractivity contribution in [3.05, 3.63) is 94.7 Å². The van der Waals surface area contributed by atoms with E-state index in [0.29, 0.717) is 13.2 Å². The summed E-state index contributed by atoms with van der Waals surface area (Å²) in [6, 6.07) is 22.0. The monoisotopic (exact) mass is 684 g/mol. The number of rotatable bonds is 19. The van der Waals surface area contributed by atoms with E-state index in [1.54, 1.807) is 0 Å². The molecule has 0 N–H and O–H groups in total. The van der Waals surface area contributed by atoms with Crippen molar-refractivity contribution >= 4 is 11.4 Å². The van der Waals surface area contributed by atoms with Crippen molar-refractivity contribution in [2.24, 2.45) is 0 Å². The molecule has 0 unspecified atom stereocenters. The highest BCUT2D eigenvalue weighted by Crippen LogP contribution is 2.20. The summed E-state index contributed by atoms with van der Waals surface area (Å²) in [5, 5.41) is 8.26. The van der Waals surface area contributed by atoms with Crippen molar-refractivity contribution in [3.63, 3.8) is 0 Å². The molecule has 270 valence electrons. The van der Waals surface area contributed by atoms with Crippen LogP contribution in [-0.2, 0) is 35.3 Å². The van der Waals surface area contributed by atoms with Gasteiger partial charge in [-0.1, -0.05) is 40.1 Å². The van der Waals surface area contributed by atoms with E-state index in [4.69, 9.17) is 18.5 Å². The Kier molecular flexibility index (Phi) is 13.8. The van der Waals surface area contributed by atoms with Crippen LogP contribution in [0.4, 0.5) is 11.4 Å². The molecule has 50 heavy (non-hydrogen) atoms. The normalized spacial score (nSPS) is 16.0. The quantitative estimate of drug-likeness (QED) is 0.111. The summed E-state index contributed by atoms with van der Waals surface area (Å²) in [5.41, 5.74) is 7.14. The highest BCUT2D eigenvalue weighted by atomic mass is 16.5. The average Bonchev–Trinajstić information content (AvgIpc) is 3.79. The molecule has 2 aromatic carbocycles. The predicted octanol–water partition coefficient (Wildman–Crippen LogP) is 5.96. The summed E-state index contributed by atoms with van der Waals surface area (Å²) in [6.45, 7) is 17.8. The highest BCUT2D eigenvalue weighted by Gasteiger charge is 2.18. The van der Waals surface area contributed by atoms with Crippen molar-refractivity contribution in [2.75, 3.05) is 95.1 Å². The number of piperazine rings is 2. The molecule has 0 bridgehead atoms. The lowest BCUT2D eigenvalue weighted by atomic mass is 10.1. The molecule has 2 aliphatic heterocycles. The van der Waals surface area contributed by atoms with Crippen molar-refractivity contribution in [3.8, 4) is 0 Å². The lowest BCUT2D eigenvalue weighted by molar-refractivity contribution is 0.109. The molecule has 2 aliphatic rings. The zero-order valence-corrected chi connectivity index (χ0v) is 30.2. The first-order chi connectivity index (χ1) is 24.6. The van der Waals surface area contributed by atoms with Crippen LogP contribution in [0.15, 0.2) is 69.7 Å². The van der Waals surface area contributed by atoms with Gasteiger partial charge in [0, 0.05) is 108 Å². The van der Waals surface area contributed by atoms with Crippen LogP contribution in [0.1, 0.15) is 53.3 Å². The van der Waals surface area contributed by atoms with Crippen LogP contribution in [-0.4, -0.2) is 105 Å². The Hall–Kier alpha value is -3.70. The Labute approximate surface area is 298 Å². The van der Waals surface area contributed by atoms with Crippen LogP contribution in [0, 0.1) is 13.8 Å². The molecule has 2 saturated heterocycles. The molecule has 6 rings (SSSR count). The topological polar surface area (TPSA) is 83.5 Å². The van der Waals surface area contributed by atoms with E-state index in [9.17, 15) is 0 Å². The molecule has 0 atom stereocenters. The predicted molar refractivity (Wildman–Crippen MR) is 198 cm³/mol. The fourth-order valence-electron chi connectivity index (χ4n) is 6.82. The first-order valence-electron chi connectivity index (χ1n) is 18.7. The number of ether oxygens (including phenoxy) is 2. The average molecular weight is 685 g/mol. The zero-order valence-electron chi connectivity index (χ0n) is 30.2. The van der Waals surface area contributed by atoms with Crippen LogP contribution >= 0.6 is 0 Å². The van der Waals surface area contributed by atoms with E-state index < -0.39 is 0 Å². The molecule has 10 nitrogen and oxygen atoms in total. The Bertz CT molecular complexity index is 1520. The van der Waals surface area contributed by atoms with Gasteiger partial charge in [-0.15, -0.1) is 0 Å². The molecule has 0 radical (unpaired) electrons. The zero-order chi connectivity index (χ0) is 34.4. The summed E-state index contributed by atoms with van der Waals surface area (Å²) >= 11 is 0. The third-order valence-electron chi connectivity index (χ3n) is 9.92. The first-order valence-corrected chi connectivity index (χ1v) is 18.7. The molecule has 0 aliphatic carbocycles. The van der Waals surface area contributed by atoms with E-state index in [1.807, 2.05) is 13.0 Å². The fraction of sp³-hybridized carbons (Fsp3) is 0.550. The van der Waals surface area contributed by atoms with Gasteiger partial charge in [-0.3, -0.25) is 9.80 Å². The van der Waals surface area contributed by atoms with Crippen molar-refractivity contribution in [1.82, 2.24) is 20.1 Å². The fourth-order valence-corrected chi connectivity index (χ4v) is 6.82. The van der Waals surface area contributed by atoms with Crippen molar-refractivity contribution in [1.29, 1.82) is 0 Å². The van der Waals surface area contributed by atoms with Gasteiger partial charge in [-0.05, 0) is 75.9 Å². The van der Waals surface area contributed by atoms with Crippen LogP contribution in [0.3, 0.4) is 0 Å². The summed E-state index contributed by atoms with van der Waals surface area (Å²) < 4.78 is 22.4. The van der Waals surface area contributed by atoms with Crippen LogP contribution in [0.2, 0.25) is 0 Å². The number of unbranched alkanes of at least 4 members (excludes halogenated alkanes) is 1. The smallest absolute Gasteiger partial charge is 0.137 e. The molecule has 0 spiro atoms. The number of aryl methyl sites for hydroxylation is 4. The van der Waals surface area contributed by atoms with E-state index in [1.165, 1.54) is 22.5 Å². The number of hydrogen-bond acceptors (Lipinski definition) is 10. The van der Waals surface area contributed by atoms with Gasteiger partial charge in [0.05, 0.1) is 18.9 Å². The lowest BCUT2D eigenvalue weighted by Gasteiger charge is -2.36.